The van der Waals surface area contributed by atoms with Gasteiger partial charge in [-0.1, -0.05) is 53.6 Å². The molecule has 0 spiro atoms. The Kier molecular flexibility index (Phi) is 4.98. The van der Waals surface area contributed by atoms with Crippen molar-refractivity contribution in [2.24, 2.45) is 5.92 Å². The number of hydrogen-bond donors (Lipinski definition) is 1. The highest BCUT2D eigenvalue weighted by molar-refractivity contribution is 6.35. The van der Waals surface area contributed by atoms with Gasteiger partial charge in [-0.25, -0.2) is 9.97 Å². The second-order valence-corrected chi connectivity index (χ2v) is 8.41. The van der Waals surface area contributed by atoms with Crippen LogP contribution in [0.2, 0.25) is 5.15 Å². The van der Waals surface area contributed by atoms with Crippen LogP contribution in [-0.2, 0) is 6.54 Å². The Labute approximate surface area is 175 Å². The number of nitrogens with one attached hydrogen (secondary N) is 1. The highest BCUT2D eigenvalue weighted by Crippen LogP contribution is 2.34. The smallest absolute Gasteiger partial charge is 0.157 e. The number of fused-ring (bicyclic) bond motifs is 3. The fraction of sp³-hybridized carbons (Fsp3) is 0.333. The van der Waals surface area contributed by atoms with Crippen molar-refractivity contribution in [3.8, 4) is 11.4 Å². The van der Waals surface area contributed by atoms with Crippen LogP contribution in [-0.4, -0.2) is 27.6 Å². The highest BCUT2D eigenvalue weighted by atomic mass is 35.5. The first-order valence-electron chi connectivity index (χ1n) is 10.4. The van der Waals surface area contributed by atoms with Gasteiger partial charge in [0, 0.05) is 17.5 Å². The molecule has 0 bridgehead atoms. The normalized spacial score (nSPS) is 15.4. The Hall–Kier alpha value is -2.43. The molecule has 0 unspecified atom stereocenters. The van der Waals surface area contributed by atoms with Crippen molar-refractivity contribution in [1.29, 1.82) is 0 Å². The van der Waals surface area contributed by atoms with E-state index in [1.807, 2.05) is 6.07 Å². The lowest BCUT2D eigenvalue weighted by atomic mass is 9.94. The molecule has 4 aromatic rings. The van der Waals surface area contributed by atoms with Crippen LogP contribution in [0.15, 0.2) is 48.5 Å². The van der Waals surface area contributed by atoms with E-state index < -0.39 is 0 Å². The van der Waals surface area contributed by atoms with E-state index in [1.165, 1.54) is 18.4 Å². The minimum atomic E-state index is 0.481. The Morgan fingerprint density at radius 2 is 1.86 bits per heavy atom. The van der Waals surface area contributed by atoms with Crippen LogP contribution in [0.3, 0.4) is 0 Å². The molecule has 1 N–H and O–H groups in total. The number of pyridine rings is 1. The first-order valence-corrected chi connectivity index (χ1v) is 10.8. The number of aryl methyl sites for hydroxylation is 2. The highest BCUT2D eigenvalue weighted by Gasteiger charge is 2.20. The van der Waals surface area contributed by atoms with E-state index in [0.29, 0.717) is 5.15 Å². The third-order valence-electron chi connectivity index (χ3n) is 6.04. The first-order chi connectivity index (χ1) is 14.2. The summed E-state index contributed by atoms with van der Waals surface area (Å²) in [6.45, 7) is 5.31. The summed E-state index contributed by atoms with van der Waals surface area (Å²) in [6.07, 6.45) is 3.64. The van der Waals surface area contributed by atoms with Crippen molar-refractivity contribution in [3.63, 3.8) is 0 Å². The van der Waals surface area contributed by atoms with Gasteiger partial charge in [0.15, 0.2) is 5.15 Å². The Bertz CT molecular complexity index is 1160. The molecule has 1 fully saturated rings. The average Bonchev–Trinajstić information content (AvgIpc) is 3.15. The summed E-state index contributed by atoms with van der Waals surface area (Å²) in [6, 6.07) is 16.8. The lowest BCUT2D eigenvalue weighted by Crippen LogP contribution is -2.28. The molecule has 1 aliphatic heterocycles. The monoisotopic (exact) mass is 404 g/mol. The number of nitrogens with zero attached hydrogens (tertiary/aromatic N) is 3. The maximum absolute atomic E-state index is 6.60. The first kappa shape index (κ1) is 18.6. The van der Waals surface area contributed by atoms with Crippen molar-refractivity contribution < 1.29 is 0 Å². The lowest BCUT2D eigenvalue weighted by molar-refractivity contribution is 0.340. The molecule has 0 saturated carbocycles. The average molecular weight is 405 g/mol. The molecule has 29 heavy (non-hydrogen) atoms. The zero-order valence-corrected chi connectivity index (χ0v) is 17.4. The van der Waals surface area contributed by atoms with Gasteiger partial charge in [0.1, 0.15) is 11.3 Å². The van der Waals surface area contributed by atoms with Crippen molar-refractivity contribution in [1.82, 2.24) is 19.9 Å². The second-order valence-electron chi connectivity index (χ2n) is 8.06. The molecule has 5 heteroatoms. The SMILES string of the molecule is Cc1ccc2nc(Cl)c3nc(-c4ccccc4)n(CCC4CCNCC4)c3c2c1. The van der Waals surface area contributed by atoms with Crippen LogP contribution in [0, 0.1) is 12.8 Å². The van der Waals surface area contributed by atoms with Gasteiger partial charge in [-0.15, -0.1) is 0 Å². The van der Waals surface area contributed by atoms with E-state index in [0.717, 1.165) is 65.3 Å². The molecule has 2 aromatic heterocycles. The lowest BCUT2D eigenvalue weighted by Gasteiger charge is -2.23. The largest absolute Gasteiger partial charge is 0.323 e. The Morgan fingerprint density at radius 3 is 2.66 bits per heavy atom. The third kappa shape index (κ3) is 3.52. The molecule has 5 rings (SSSR count). The van der Waals surface area contributed by atoms with Crippen LogP contribution in [0.25, 0.3) is 33.3 Å². The van der Waals surface area contributed by atoms with Gasteiger partial charge in [0.25, 0.3) is 0 Å². The van der Waals surface area contributed by atoms with E-state index in [2.05, 4.69) is 64.3 Å². The Balaban J connectivity index is 1.71. The quantitative estimate of drug-likeness (QED) is 0.450. The molecule has 0 amide bonds. The fourth-order valence-corrected chi connectivity index (χ4v) is 4.70. The van der Waals surface area contributed by atoms with E-state index in [4.69, 9.17) is 16.6 Å². The molecule has 2 aromatic carbocycles. The summed E-state index contributed by atoms with van der Waals surface area (Å²) < 4.78 is 2.38. The zero-order valence-electron chi connectivity index (χ0n) is 16.7. The molecule has 4 nitrogen and oxygen atoms in total. The second kappa shape index (κ2) is 7.77. The van der Waals surface area contributed by atoms with Gasteiger partial charge in [-0.3, -0.25) is 0 Å². The topological polar surface area (TPSA) is 42.7 Å². The van der Waals surface area contributed by atoms with Gasteiger partial charge < -0.3 is 9.88 Å². The van der Waals surface area contributed by atoms with Crippen LogP contribution in [0.5, 0.6) is 0 Å². The number of aromatic nitrogens is 3. The van der Waals surface area contributed by atoms with Crippen molar-refractivity contribution in [3.05, 3.63) is 59.2 Å². The van der Waals surface area contributed by atoms with Gasteiger partial charge >= 0.3 is 0 Å². The molecule has 1 saturated heterocycles. The number of piperidine rings is 1. The number of halogens is 1. The molecule has 0 atom stereocenters. The molecular weight excluding hydrogens is 380 g/mol. The van der Waals surface area contributed by atoms with Gasteiger partial charge in [-0.05, 0) is 57.3 Å². The molecule has 148 valence electrons. The van der Waals surface area contributed by atoms with Crippen molar-refractivity contribution in [2.75, 3.05) is 13.1 Å². The number of rotatable bonds is 4. The molecular formula is C24H25ClN4. The summed E-state index contributed by atoms with van der Waals surface area (Å²) >= 11 is 6.60. The van der Waals surface area contributed by atoms with Crippen LogP contribution in [0.1, 0.15) is 24.8 Å². The van der Waals surface area contributed by atoms with Crippen molar-refractivity contribution >= 4 is 33.5 Å². The maximum Gasteiger partial charge on any atom is 0.157 e. The van der Waals surface area contributed by atoms with Gasteiger partial charge in [0.2, 0.25) is 0 Å². The summed E-state index contributed by atoms with van der Waals surface area (Å²) in [5.74, 6) is 1.73. The maximum atomic E-state index is 6.60. The molecule has 0 aliphatic carbocycles. The van der Waals surface area contributed by atoms with Crippen LogP contribution < -0.4 is 5.32 Å². The van der Waals surface area contributed by atoms with Crippen molar-refractivity contribution in [2.45, 2.75) is 32.7 Å². The van der Waals surface area contributed by atoms with Gasteiger partial charge in [0.05, 0.1) is 11.0 Å². The van der Waals surface area contributed by atoms with Gasteiger partial charge in [-0.2, -0.15) is 0 Å². The zero-order chi connectivity index (χ0) is 19.8. The molecule has 3 heterocycles. The van der Waals surface area contributed by atoms with Crippen LogP contribution >= 0.6 is 11.6 Å². The summed E-state index contributed by atoms with van der Waals surface area (Å²) in [5.41, 5.74) is 5.17. The number of hydrogen-bond acceptors (Lipinski definition) is 3. The predicted octanol–water partition coefficient (Wildman–Crippen LogP) is 5.60. The fourth-order valence-electron chi connectivity index (χ4n) is 4.47. The van der Waals surface area contributed by atoms with E-state index in [9.17, 15) is 0 Å². The third-order valence-corrected chi connectivity index (χ3v) is 6.30. The predicted molar refractivity (Wildman–Crippen MR) is 120 cm³/mol. The number of imidazole rings is 1. The van der Waals surface area contributed by atoms with E-state index in [1.54, 1.807) is 0 Å². The Morgan fingerprint density at radius 1 is 1.07 bits per heavy atom. The summed E-state index contributed by atoms with van der Waals surface area (Å²) in [7, 11) is 0. The minimum Gasteiger partial charge on any atom is -0.323 e. The molecule has 1 aliphatic rings. The van der Waals surface area contributed by atoms with Crippen LogP contribution in [0.4, 0.5) is 0 Å². The summed E-state index contributed by atoms with van der Waals surface area (Å²) in [4.78, 5) is 9.61. The molecule has 0 radical (unpaired) electrons. The standard InChI is InChI=1S/C24H25ClN4/c1-16-7-8-20-19(15-16)22-21(23(25)27-20)28-24(18-5-3-2-4-6-18)29(22)14-11-17-9-12-26-13-10-17/h2-8,15,17,26H,9-14H2,1H3. The number of benzene rings is 2. The minimum absolute atomic E-state index is 0.481. The van der Waals surface area contributed by atoms with E-state index in [-0.39, 0.29) is 0 Å². The summed E-state index contributed by atoms with van der Waals surface area (Å²) in [5, 5.41) is 5.08. The van der Waals surface area contributed by atoms with E-state index >= 15 is 0 Å².